The van der Waals surface area contributed by atoms with Crippen molar-refractivity contribution in [3.63, 3.8) is 0 Å². The minimum atomic E-state index is 0.646. The maximum atomic E-state index is 10.9. The molecule has 0 radical (unpaired) electrons. The second kappa shape index (κ2) is 5.27. The van der Waals surface area contributed by atoms with Gasteiger partial charge in [-0.25, -0.2) is 0 Å². The van der Waals surface area contributed by atoms with Crippen LogP contribution in [0.25, 0.3) is 0 Å². The Labute approximate surface area is 110 Å². The predicted molar refractivity (Wildman–Crippen MR) is 74.1 cm³/mol. The van der Waals surface area contributed by atoms with Crippen molar-refractivity contribution in [1.82, 2.24) is 9.47 Å². The molecule has 0 bridgehead atoms. The number of rotatable bonds is 4. The highest BCUT2D eigenvalue weighted by Gasteiger charge is 2.25. The van der Waals surface area contributed by atoms with Crippen LogP contribution in [0.1, 0.15) is 42.0 Å². The Balaban J connectivity index is 2.07. The van der Waals surface area contributed by atoms with Gasteiger partial charge in [-0.3, -0.25) is 4.79 Å². The van der Waals surface area contributed by atoms with Gasteiger partial charge in [0.05, 0.1) is 0 Å². The molecule has 3 heteroatoms. The third kappa shape index (κ3) is 2.51. The average molecular weight is 248 g/mol. The van der Waals surface area contributed by atoms with Crippen molar-refractivity contribution in [1.29, 1.82) is 0 Å². The largest absolute Gasteiger partial charge is 0.348 e. The SMILES string of the molecule is Cc1cc(C=O)c(C)n1CC1CCN(C(C)C)C1. The summed E-state index contributed by atoms with van der Waals surface area (Å²) in [6, 6.07) is 2.64. The van der Waals surface area contributed by atoms with E-state index in [1.165, 1.54) is 25.2 Å². The van der Waals surface area contributed by atoms with Gasteiger partial charge in [0.15, 0.2) is 6.29 Å². The molecule has 0 aromatic carbocycles. The van der Waals surface area contributed by atoms with E-state index in [-0.39, 0.29) is 0 Å². The van der Waals surface area contributed by atoms with Crippen molar-refractivity contribution in [2.45, 2.75) is 46.7 Å². The molecule has 2 heterocycles. The summed E-state index contributed by atoms with van der Waals surface area (Å²) < 4.78 is 2.30. The van der Waals surface area contributed by atoms with Crippen LogP contribution < -0.4 is 0 Å². The van der Waals surface area contributed by atoms with Crippen LogP contribution in [0.3, 0.4) is 0 Å². The minimum Gasteiger partial charge on any atom is -0.348 e. The lowest BCUT2D eigenvalue weighted by atomic mass is 10.1. The normalized spacial score (nSPS) is 20.8. The van der Waals surface area contributed by atoms with Gasteiger partial charge in [0.2, 0.25) is 0 Å². The summed E-state index contributed by atoms with van der Waals surface area (Å²) in [6.07, 6.45) is 2.24. The van der Waals surface area contributed by atoms with E-state index in [1.54, 1.807) is 0 Å². The molecule has 1 aliphatic rings. The summed E-state index contributed by atoms with van der Waals surface area (Å²) in [6.45, 7) is 12.1. The van der Waals surface area contributed by atoms with E-state index >= 15 is 0 Å². The van der Waals surface area contributed by atoms with Crippen molar-refractivity contribution in [2.24, 2.45) is 5.92 Å². The van der Waals surface area contributed by atoms with Gasteiger partial charge in [-0.1, -0.05) is 0 Å². The van der Waals surface area contributed by atoms with Gasteiger partial charge in [-0.15, -0.1) is 0 Å². The molecule has 1 atom stereocenters. The van der Waals surface area contributed by atoms with E-state index in [9.17, 15) is 4.79 Å². The number of carbonyl (C=O) groups excluding carboxylic acids is 1. The quantitative estimate of drug-likeness (QED) is 0.765. The molecule has 0 spiro atoms. The van der Waals surface area contributed by atoms with Crippen molar-refractivity contribution >= 4 is 6.29 Å². The van der Waals surface area contributed by atoms with Crippen LogP contribution in [0.2, 0.25) is 0 Å². The fraction of sp³-hybridized carbons (Fsp3) is 0.667. The Morgan fingerprint density at radius 1 is 1.44 bits per heavy atom. The van der Waals surface area contributed by atoms with Gasteiger partial charge in [0.1, 0.15) is 0 Å². The molecular formula is C15H24N2O. The van der Waals surface area contributed by atoms with E-state index in [0.717, 1.165) is 30.0 Å². The summed E-state index contributed by atoms with van der Waals surface area (Å²) in [5, 5.41) is 0. The van der Waals surface area contributed by atoms with E-state index in [2.05, 4.69) is 30.2 Å². The average Bonchev–Trinajstić information content (AvgIpc) is 2.89. The molecular weight excluding hydrogens is 224 g/mol. The van der Waals surface area contributed by atoms with Crippen LogP contribution in [0.15, 0.2) is 6.07 Å². The maximum absolute atomic E-state index is 10.9. The molecule has 2 rings (SSSR count). The van der Waals surface area contributed by atoms with Crippen molar-refractivity contribution in [3.8, 4) is 0 Å². The number of aryl methyl sites for hydroxylation is 1. The van der Waals surface area contributed by atoms with Gasteiger partial charge in [0.25, 0.3) is 0 Å². The molecule has 1 aromatic rings. The Hall–Kier alpha value is -1.09. The lowest BCUT2D eigenvalue weighted by Crippen LogP contribution is -2.29. The number of nitrogens with zero attached hydrogens (tertiary/aromatic N) is 2. The van der Waals surface area contributed by atoms with Crippen molar-refractivity contribution in [2.75, 3.05) is 13.1 Å². The van der Waals surface area contributed by atoms with E-state index in [0.29, 0.717) is 6.04 Å². The smallest absolute Gasteiger partial charge is 0.151 e. The molecule has 1 unspecified atom stereocenters. The van der Waals surface area contributed by atoms with E-state index < -0.39 is 0 Å². The Morgan fingerprint density at radius 3 is 2.67 bits per heavy atom. The number of aldehydes is 1. The van der Waals surface area contributed by atoms with Crippen LogP contribution in [-0.2, 0) is 6.54 Å². The Morgan fingerprint density at radius 2 is 2.17 bits per heavy atom. The van der Waals surface area contributed by atoms with E-state index in [1.807, 2.05) is 13.0 Å². The van der Waals surface area contributed by atoms with Crippen LogP contribution in [0.4, 0.5) is 0 Å². The molecule has 100 valence electrons. The first-order valence-corrected chi connectivity index (χ1v) is 6.89. The molecule has 0 N–H and O–H groups in total. The van der Waals surface area contributed by atoms with Crippen LogP contribution in [-0.4, -0.2) is 34.9 Å². The topological polar surface area (TPSA) is 25.2 Å². The van der Waals surface area contributed by atoms with Gasteiger partial charge in [0, 0.05) is 36.1 Å². The summed E-state index contributed by atoms with van der Waals surface area (Å²) in [5.41, 5.74) is 3.16. The molecule has 1 aromatic heterocycles. The molecule has 18 heavy (non-hydrogen) atoms. The lowest BCUT2D eigenvalue weighted by Gasteiger charge is -2.21. The Bertz CT molecular complexity index is 434. The maximum Gasteiger partial charge on any atom is 0.151 e. The molecule has 1 aliphatic heterocycles. The summed E-state index contributed by atoms with van der Waals surface area (Å²) in [7, 11) is 0. The Kier molecular flexibility index (Phi) is 3.91. The van der Waals surface area contributed by atoms with Gasteiger partial charge >= 0.3 is 0 Å². The molecule has 1 fully saturated rings. The second-order valence-electron chi connectivity index (χ2n) is 5.80. The van der Waals surface area contributed by atoms with Gasteiger partial charge < -0.3 is 9.47 Å². The third-order valence-electron chi connectivity index (χ3n) is 4.23. The number of likely N-dealkylation sites (tertiary alicyclic amines) is 1. The summed E-state index contributed by atoms with van der Waals surface area (Å²) in [5.74, 6) is 0.719. The fourth-order valence-electron chi connectivity index (χ4n) is 2.97. The van der Waals surface area contributed by atoms with Gasteiger partial charge in [-0.2, -0.15) is 0 Å². The van der Waals surface area contributed by atoms with Crippen LogP contribution >= 0.6 is 0 Å². The van der Waals surface area contributed by atoms with Crippen molar-refractivity contribution in [3.05, 3.63) is 23.0 Å². The zero-order valence-electron chi connectivity index (χ0n) is 11.9. The molecule has 0 aliphatic carbocycles. The zero-order chi connectivity index (χ0) is 13.3. The highest BCUT2D eigenvalue weighted by Crippen LogP contribution is 2.23. The van der Waals surface area contributed by atoms with E-state index in [4.69, 9.17) is 0 Å². The monoisotopic (exact) mass is 248 g/mol. The second-order valence-corrected chi connectivity index (χ2v) is 5.80. The summed E-state index contributed by atoms with van der Waals surface area (Å²) >= 11 is 0. The zero-order valence-corrected chi connectivity index (χ0v) is 11.9. The molecule has 0 amide bonds. The third-order valence-corrected chi connectivity index (χ3v) is 4.23. The van der Waals surface area contributed by atoms with Crippen LogP contribution in [0, 0.1) is 19.8 Å². The number of aromatic nitrogens is 1. The van der Waals surface area contributed by atoms with Crippen LogP contribution in [0.5, 0.6) is 0 Å². The number of hydrogen-bond donors (Lipinski definition) is 0. The van der Waals surface area contributed by atoms with Gasteiger partial charge in [-0.05, 0) is 52.6 Å². The molecule has 3 nitrogen and oxygen atoms in total. The predicted octanol–water partition coefficient (Wildman–Crippen LogP) is 2.65. The summed E-state index contributed by atoms with van der Waals surface area (Å²) in [4.78, 5) is 13.5. The lowest BCUT2D eigenvalue weighted by molar-refractivity contribution is 0.112. The first-order chi connectivity index (χ1) is 8.52. The number of hydrogen-bond acceptors (Lipinski definition) is 2. The first kappa shape index (κ1) is 13.3. The first-order valence-electron chi connectivity index (χ1n) is 6.89. The van der Waals surface area contributed by atoms with Crippen molar-refractivity contribution < 1.29 is 4.79 Å². The molecule has 1 saturated heterocycles. The fourth-order valence-corrected chi connectivity index (χ4v) is 2.97. The highest BCUT2D eigenvalue weighted by molar-refractivity contribution is 5.77. The standard InChI is InChI=1S/C15H24N2O/c1-11(2)16-6-5-14(8-16)9-17-12(3)7-15(10-18)13(17)4/h7,10-11,14H,5-6,8-9H2,1-4H3. The molecule has 0 saturated carbocycles. The number of carbonyl (C=O) groups is 1. The highest BCUT2D eigenvalue weighted by atomic mass is 16.1. The minimum absolute atomic E-state index is 0.646.